The van der Waals surface area contributed by atoms with E-state index >= 15 is 0 Å². The molecule has 0 radical (unpaired) electrons. The van der Waals surface area contributed by atoms with Crippen LogP contribution in [0.2, 0.25) is 0 Å². The summed E-state index contributed by atoms with van der Waals surface area (Å²) in [6.45, 7) is 0. The second-order valence-corrected chi connectivity index (χ2v) is 5.13. The molecule has 2 aromatic carbocycles. The summed E-state index contributed by atoms with van der Waals surface area (Å²) in [6.07, 6.45) is 1.50. The zero-order chi connectivity index (χ0) is 16.1. The van der Waals surface area contributed by atoms with Crippen LogP contribution in [0.4, 0.5) is 17.3 Å². The second kappa shape index (κ2) is 6.79. The first-order valence-electron chi connectivity index (χ1n) is 7.44. The number of nitrogen functional groups attached to an aromatic ring is 1. The highest BCUT2D eigenvalue weighted by molar-refractivity contribution is 5.74. The molecule has 0 aliphatic heterocycles. The molecule has 1 aromatic heterocycles. The Morgan fingerprint density at radius 2 is 1.35 bits per heavy atom. The highest BCUT2D eigenvalue weighted by Crippen LogP contribution is 2.30. The third kappa shape index (κ3) is 3.23. The molecule has 0 saturated carbocycles. The van der Waals surface area contributed by atoms with Gasteiger partial charge in [-0.15, -0.1) is 0 Å². The summed E-state index contributed by atoms with van der Waals surface area (Å²) in [6, 6.07) is 20.4. The Bertz CT molecular complexity index is 719. The Morgan fingerprint density at radius 3 is 1.87 bits per heavy atom. The number of nitrogens with one attached hydrogen (secondary N) is 2. The average Bonchev–Trinajstić information content (AvgIpc) is 2.62. The lowest BCUT2D eigenvalue weighted by Gasteiger charge is -2.21. The van der Waals surface area contributed by atoms with Crippen molar-refractivity contribution in [1.29, 1.82) is 0 Å². The van der Waals surface area contributed by atoms with E-state index in [-0.39, 0.29) is 6.04 Å². The van der Waals surface area contributed by atoms with E-state index in [4.69, 9.17) is 5.73 Å². The van der Waals surface area contributed by atoms with Crippen molar-refractivity contribution < 1.29 is 0 Å². The van der Waals surface area contributed by atoms with Gasteiger partial charge in [0, 0.05) is 7.05 Å². The predicted molar refractivity (Wildman–Crippen MR) is 94.3 cm³/mol. The lowest BCUT2D eigenvalue weighted by molar-refractivity contribution is 0.924. The van der Waals surface area contributed by atoms with Crippen molar-refractivity contribution in [2.24, 2.45) is 0 Å². The Morgan fingerprint density at radius 1 is 0.826 bits per heavy atom. The van der Waals surface area contributed by atoms with Gasteiger partial charge in [0.1, 0.15) is 12.0 Å². The summed E-state index contributed by atoms with van der Waals surface area (Å²) in [5.41, 5.74) is 8.94. The third-order valence-corrected chi connectivity index (χ3v) is 3.67. The maximum Gasteiger partial charge on any atom is 0.155 e. The molecule has 1 heterocycles. The van der Waals surface area contributed by atoms with Gasteiger partial charge in [0.2, 0.25) is 0 Å². The van der Waals surface area contributed by atoms with Crippen LogP contribution in [0, 0.1) is 0 Å². The first kappa shape index (κ1) is 14.8. The summed E-state index contributed by atoms with van der Waals surface area (Å²) in [4.78, 5) is 8.41. The number of hydrogen-bond donors (Lipinski definition) is 3. The number of rotatable bonds is 5. The summed E-state index contributed by atoms with van der Waals surface area (Å²) >= 11 is 0. The standard InChI is InChI=1S/C18H19N5/c1-20-17-15(19)18(22-12-21-17)23-16(13-8-4-2-5-9-13)14-10-6-3-7-11-14/h2-12,16H,19H2,1H3,(H2,20,21,22,23). The molecule has 5 heteroatoms. The highest BCUT2D eigenvalue weighted by Gasteiger charge is 2.16. The van der Waals surface area contributed by atoms with E-state index in [1.165, 1.54) is 6.33 Å². The monoisotopic (exact) mass is 305 g/mol. The van der Waals surface area contributed by atoms with Gasteiger partial charge < -0.3 is 16.4 Å². The van der Waals surface area contributed by atoms with Crippen molar-refractivity contribution in [3.05, 3.63) is 78.1 Å². The smallest absolute Gasteiger partial charge is 0.155 e. The fraction of sp³-hybridized carbons (Fsp3) is 0.111. The largest absolute Gasteiger partial charge is 0.393 e. The van der Waals surface area contributed by atoms with Gasteiger partial charge in [-0.05, 0) is 11.1 Å². The summed E-state index contributed by atoms with van der Waals surface area (Å²) in [5, 5.41) is 6.41. The number of aromatic nitrogens is 2. The molecule has 3 aromatic rings. The molecular formula is C18H19N5. The van der Waals surface area contributed by atoms with Crippen molar-refractivity contribution in [1.82, 2.24) is 9.97 Å². The quantitative estimate of drug-likeness (QED) is 0.674. The van der Waals surface area contributed by atoms with E-state index in [0.717, 1.165) is 11.1 Å². The number of nitrogens with two attached hydrogens (primary N) is 1. The Balaban J connectivity index is 2.00. The van der Waals surface area contributed by atoms with Gasteiger partial charge in [0.15, 0.2) is 11.6 Å². The molecule has 4 N–H and O–H groups in total. The fourth-order valence-electron chi connectivity index (χ4n) is 2.50. The molecule has 0 aliphatic rings. The topological polar surface area (TPSA) is 75.9 Å². The van der Waals surface area contributed by atoms with Gasteiger partial charge in [-0.25, -0.2) is 9.97 Å². The number of benzene rings is 2. The molecule has 0 atom stereocenters. The molecular weight excluding hydrogens is 286 g/mol. The molecule has 3 rings (SSSR count). The summed E-state index contributed by atoms with van der Waals surface area (Å²) in [7, 11) is 1.79. The predicted octanol–water partition coefficient (Wildman–Crippen LogP) is 3.30. The van der Waals surface area contributed by atoms with Crippen molar-refractivity contribution in [3.63, 3.8) is 0 Å². The molecule has 0 aliphatic carbocycles. The molecule has 0 amide bonds. The molecule has 23 heavy (non-hydrogen) atoms. The molecule has 0 unspecified atom stereocenters. The molecule has 116 valence electrons. The van der Waals surface area contributed by atoms with Crippen LogP contribution in [0.25, 0.3) is 0 Å². The molecule has 0 spiro atoms. The Labute approximate surface area is 135 Å². The molecule has 0 bridgehead atoms. The third-order valence-electron chi connectivity index (χ3n) is 3.67. The van der Waals surface area contributed by atoms with Crippen LogP contribution in [0.5, 0.6) is 0 Å². The lowest BCUT2D eigenvalue weighted by Crippen LogP contribution is -2.15. The second-order valence-electron chi connectivity index (χ2n) is 5.13. The first-order valence-corrected chi connectivity index (χ1v) is 7.44. The van der Waals surface area contributed by atoms with Crippen molar-refractivity contribution in [2.75, 3.05) is 23.4 Å². The number of anilines is 3. The normalized spacial score (nSPS) is 10.5. The SMILES string of the molecule is CNc1ncnc(NC(c2ccccc2)c2ccccc2)c1N. The first-order chi connectivity index (χ1) is 11.3. The molecule has 0 saturated heterocycles. The minimum absolute atomic E-state index is 0.0423. The van der Waals surface area contributed by atoms with Gasteiger partial charge in [0.05, 0.1) is 6.04 Å². The highest BCUT2D eigenvalue weighted by atomic mass is 15.1. The van der Waals surface area contributed by atoms with Crippen LogP contribution in [0.3, 0.4) is 0 Å². The van der Waals surface area contributed by atoms with E-state index in [1.807, 2.05) is 36.4 Å². The number of hydrogen-bond acceptors (Lipinski definition) is 5. The molecule has 5 nitrogen and oxygen atoms in total. The van der Waals surface area contributed by atoms with Crippen molar-refractivity contribution in [3.8, 4) is 0 Å². The van der Waals surface area contributed by atoms with Gasteiger partial charge in [-0.3, -0.25) is 0 Å². The Hall–Kier alpha value is -3.08. The average molecular weight is 305 g/mol. The van der Waals surface area contributed by atoms with Crippen LogP contribution in [0.1, 0.15) is 17.2 Å². The van der Waals surface area contributed by atoms with E-state index < -0.39 is 0 Å². The zero-order valence-corrected chi connectivity index (χ0v) is 12.9. The maximum absolute atomic E-state index is 6.15. The van der Waals surface area contributed by atoms with E-state index in [0.29, 0.717) is 17.3 Å². The van der Waals surface area contributed by atoms with Crippen LogP contribution >= 0.6 is 0 Å². The van der Waals surface area contributed by atoms with E-state index in [9.17, 15) is 0 Å². The Kier molecular flexibility index (Phi) is 4.38. The van der Waals surface area contributed by atoms with Gasteiger partial charge in [-0.2, -0.15) is 0 Å². The van der Waals surface area contributed by atoms with Crippen molar-refractivity contribution >= 4 is 17.3 Å². The van der Waals surface area contributed by atoms with E-state index in [2.05, 4.69) is 44.9 Å². The zero-order valence-electron chi connectivity index (χ0n) is 12.9. The van der Waals surface area contributed by atoms with Crippen molar-refractivity contribution in [2.45, 2.75) is 6.04 Å². The van der Waals surface area contributed by atoms with Gasteiger partial charge in [-0.1, -0.05) is 60.7 Å². The fourth-order valence-corrected chi connectivity index (χ4v) is 2.50. The minimum atomic E-state index is -0.0423. The lowest BCUT2D eigenvalue weighted by atomic mass is 9.99. The van der Waals surface area contributed by atoms with E-state index in [1.54, 1.807) is 7.05 Å². The van der Waals surface area contributed by atoms with Gasteiger partial charge in [0.25, 0.3) is 0 Å². The minimum Gasteiger partial charge on any atom is -0.393 e. The summed E-state index contributed by atoms with van der Waals surface area (Å²) < 4.78 is 0. The maximum atomic E-state index is 6.15. The van der Waals surface area contributed by atoms with Crippen LogP contribution in [0.15, 0.2) is 67.0 Å². The summed E-state index contributed by atoms with van der Waals surface area (Å²) in [5.74, 6) is 1.23. The molecule has 0 fully saturated rings. The van der Waals surface area contributed by atoms with Crippen LogP contribution < -0.4 is 16.4 Å². The van der Waals surface area contributed by atoms with Crippen LogP contribution in [-0.4, -0.2) is 17.0 Å². The number of nitrogens with zero attached hydrogens (tertiary/aromatic N) is 2. The van der Waals surface area contributed by atoms with Gasteiger partial charge >= 0.3 is 0 Å². The van der Waals surface area contributed by atoms with Crippen LogP contribution in [-0.2, 0) is 0 Å².